The van der Waals surface area contributed by atoms with E-state index in [0.717, 1.165) is 17.8 Å². The van der Waals surface area contributed by atoms with Gasteiger partial charge in [0.2, 0.25) is 0 Å². The molecule has 2 atom stereocenters. The van der Waals surface area contributed by atoms with Crippen molar-refractivity contribution in [2.24, 2.45) is 17.8 Å². The van der Waals surface area contributed by atoms with Crippen molar-refractivity contribution in [3.05, 3.63) is 0 Å². The Kier molecular flexibility index (Phi) is 15.0. The molecular weight excluding hydrogens is 192 g/mol. The molecule has 0 radical (unpaired) electrons. The van der Waals surface area contributed by atoms with Gasteiger partial charge < -0.3 is 0 Å². The molecule has 0 N–H and O–H groups in total. The molecule has 0 heteroatoms. The predicted octanol–water partition coefficient (Wildman–Crippen LogP) is 6.30. The Morgan fingerprint density at radius 1 is 0.938 bits per heavy atom. The zero-order valence-electron chi connectivity index (χ0n) is 13.0. The first kappa shape index (κ1) is 18.4. The SMILES string of the molecule is CC.CC.CC(C)CCC1CCCCC1C. The molecule has 2 unspecified atom stereocenters. The van der Waals surface area contributed by atoms with Crippen molar-refractivity contribution in [1.82, 2.24) is 0 Å². The molecule has 0 aliphatic heterocycles. The van der Waals surface area contributed by atoms with Crippen LogP contribution >= 0.6 is 0 Å². The van der Waals surface area contributed by atoms with Gasteiger partial charge >= 0.3 is 0 Å². The van der Waals surface area contributed by atoms with Gasteiger partial charge in [0.15, 0.2) is 0 Å². The van der Waals surface area contributed by atoms with Crippen LogP contribution in [0.3, 0.4) is 0 Å². The lowest BCUT2D eigenvalue weighted by atomic mass is 9.77. The van der Waals surface area contributed by atoms with Crippen LogP contribution in [0.4, 0.5) is 0 Å². The zero-order valence-corrected chi connectivity index (χ0v) is 13.0. The molecule has 1 fully saturated rings. The summed E-state index contributed by atoms with van der Waals surface area (Å²) < 4.78 is 0. The topological polar surface area (TPSA) is 0 Å². The van der Waals surface area contributed by atoms with Crippen molar-refractivity contribution in [3.63, 3.8) is 0 Å². The minimum Gasteiger partial charge on any atom is -0.0683 e. The summed E-state index contributed by atoms with van der Waals surface area (Å²) in [5.41, 5.74) is 0. The van der Waals surface area contributed by atoms with Gasteiger partial charge in [-0.2, -0.15) is 0 Å². The van der Waals surface area contributed by atoms with Crippen molar-refractivity contribution < 1.29 is 0 Å². The Morgan fingerprint density at radius 3 is 1.88 bits per heavy atom. The van der Waals surface area contributed by atoms with Gasteiger partial charge in [-0.15, -0.1) is 0 Å². The van der Waals surface area contributed by atoms with Crippen LogP contribution in [0.1, 0.15) is 87.0 Å². The quantitative estimate of drug-likeness (QED) is 0.531. The lowest BCUT2D eigenvalue weighted by Gasteiger charge is -2.29. The Hall–Kier alpha value is 0. The summed E-state index contributed by atoms with van der Waals surface area (Å²) >= 11 is 0. The fraction of sp³-hybridized carbons (Fsp3) is 1.00. The van der Waals surface area contributed by atoms with Gasteiger partial charge in [0.1, 0.15) is 0 Å². The summed E-state index contributed by atoms with van der Waals surface area (Å²) in [6, 6.07) is 0. The summed E-state index contributed by atoms with van der Waals surface area (Å²) in [5, 5.41) is 0. The largest absolute Gasteiger partial charge is 0.0683 e. The predicted molar refractivity (Wildman–Crippen MR) is 77.9 cm³/mol. The van der Waals surface area contributed by atoms with E-state index >= 15 is 0 Å². The van der Waals surface area contributed by atoms with E-state index in [2.05, 4.69) is 20.8 Å². The highest BCUT2D eigenvalue weighted by Crippen LogP contribution is 2.33. The highest BCUT2D eigenvalue weighted by molar-refractivity contribution is 4.72. The third-order valence-corrected chi connectivity index (χ3v) is 3.40. The third-order valence-electron chi connectivity index (χ3n) is 3.40. The molecular formula is C16H36. The second-order valence-corrected chi connectivity index (χ2v) is 4.99. The third kappa shape index (κ3) is 9.24. The Balaban J connectivity index is 0. The fourth-order valence-corrected chi connectivity index (χ4v) is 2.37. The van der Waals surface area contributed by atoms with Gasteiger partial charge in [0, 0.05) is 0 Å². The lowest BCUT2D eigenvalue weighted by Crippen LogP contribution is -2.17. The van der Waals surface area contributed by atoms with Crippen molar-refractivity contribution in [2.45, 2.75) is 87.0 Å². The van der Waals surface area contributed by atoms with E-state index in [-0.39, 0.29) is 0 Å². The second-order valence-electron chi connectivity index (χ2n) is 4.99. The molecule has 0 bridgehead atoms. The number of hydrogen-bond donors (Lipinski definition) is 0. The molecule has 16 heavy (non-hydrogen) atoms. The van der Waals surface area contributed by atoms with E-state index in [0.29, 0.717) is 0 Å². The smallest absolute Gasteiger partial charge is 0.0388 e. The monoisotopic (exact) mass is 228 g/mol. The maximum atomic E-state index is 2.45. The molecule has 1 aliphatic carbocycles. The van der Waals surface area contributed by atoms with E-state index in [9.17, 15) is 0 Å². The minimum absolute atomic E-state index is 0.902. The first-order valence-corrected chi connectivity index (χ1v) is 7.70. The van der Waals surface area contributed by atoms with Crippen LogP contribution in [-0.2, 0) is 0 Å². The summed E-state index contributed by atoms with van der Waals surface area (Å²) in [6.45, 7) is 15.1. The maximum Gasteiger partial charge on any atom is -0.0388 e. The van der Waals surface area contributed by atoms with E-state index in [1.165, 1.54) is 38.5 Å². The normalized spacial score (nSPS) is 24.0. The van der Waals surface area contributed by atoms with Gasteiger partial charge in [0.05, 0.1) is 0 Å². The van der Waals surface area contributed by atoms with Crippen molar-refractivity contribution >= 4 is 0 Å². The summed E-state index contributed by atoms with van der Waals surface area (Å²) in [6.07, 6.45) is 8.90. The molecule has 100 valence electrons. The summed E-state index contributed by atoms with van der Waals surface area (Å²) in [5.74, 6) is 2.97. The maximum absolute atomic E-state index is 2.45. The van der Waals surface area contributed by atoms with E-state index < -0.39 is 0 Å². The van der Waals surface area contributed by atoms with Gasteiger partial charge in [-0.05, 0) is 24.2 Å². The molecule has 0 saturated heterocycles. The molecule has 0 aromatic rings. The second kappa shape index (κ2) is 13.1. The van der Waals surface area contributed by atoms with Gasteiger partial charge in [-0.1, -0.05) is 80.6 Å². The molecule has 0 spiro atoms. The first-order valence-electron chi connectivity index (χ1n) is 7.70. The van der Waals surface area contributed by atoms with Crippen LogP contribution in [0.15, 0.2) is 0 Å². The van der Waals surface area contributed by atoms with Crippen LogP contribution in [0.25, 0.3) is 0 Å². The molecule has 0 nitrogen and oxygen atoms in total. The molecule has 0 heterocycles. The summed E-state index contributed by atoms with van der Waals surface area (Å²) in [7, 11) is 0. The molecule has 1 rings (SSSR count). The van der Waals surface area contributed by atoms with E-state index in [1.54, 1.807) is 0 Å². The van der Waals surface area contributed by atoms with Gasteiger partial charge in [-0.25, -0.2) is 0 Å². The van der Waals surface area contributed by atoms with Crippen LogP contribution < -0.4 is 0 Å². The van der Waals surface area contributed by atoms with Crippen molar-refractivity contribution in [3.8, 4) is 0 Å². The van der Waals surface area contributed by atoms with Crippen LogP contribution in [-0.4, -0.2) is 0 Å². The summed E-state index contributed by atoms with van der Waals surface area (Å²) in [4.78, 5) is 0. The van der Waals surface area contributed by atoms with Crippen LogP contribution in [0.5, 0.6) is 0 Å². The highest BCUT2D eigenvalue weighted by Gasteiger charge is 2.20. The Labute approximate surface area is 105 Å². The molecule has 1 aliphatic rings. The van der Waals surface area contributed by atoms with Crippen molar-refractivity contribution in [1.29, 1.82) is 0 Å². The minimum atomic E-state index is 0.902. The van der Waals surface area contributed by atoms with Crippen LogP contribution in [0, 0.1) is 17.8 Å². The average molecular weight is 228 g/mol. The fourth-order valence-electron chi connectivity index (χ4n) is 2.37. The first-order chi connectivity index (χ1) is 7.70. The van der Waals surface area contributed by atoms with E-state index in [1.807, 2.05) is 27.7 Å². The highest BCUT2D eigenvalue weighted by atomic mass is 14.3. The van der Waals surface area contributed by atoms with E-state index in [4.69, 9.17) is 0 Å². The Bertz CT molecular complexity index is 115. The van der Waals surface area contributed by atoms with Crippen LogP contribution in [0.2, 0.25) is 0 Å². The van der Waals surface area contributed by atoms with Crippen molar-refractivity contribution in [2.75, 3.05) is 0 Å². The number of rotatable bonds is 3. The zero-order chi connectivity index (χ0) is 13.0. The average Bonchev–Trinajstić information content (AvgIpc) is 2.33. The molecule has 1 saturated carbocycles. The molecule has 0 amide bonds. The number of hydrogen-bond acceptors (Lipinski definition) is 0. The Morgan fingerprint density at radius 2 is 1.44 bits per heavy atom. The lowest BCUT2D eigenvalue weighted by molar-refractivity contribution is 0.230. The molecule has 0 aromatic carbocycles. The molecule has 0 aromatic heterocycles. The standard InChI is InChI=1S/C12H24.2C2H6/c1-10(2)8-9-12-7-5-4-6-11(12)3;2*1-2/h10-12H,4-9H2,1-3H3;2*1-2H3. The van der Waals surface area contributed by atoms with Gasteiger partial charge in [-0.3, -0.25) is 0 Å². The van der Waals surface area contributed by atoms with Gasteiger partial charge in [0.25, 0.3) is 0 Å².